The Bertz CT molecular complexity index is 1010. The van der Waals surface area contributed by atoms with Crippen LogP contribution in [0.4, 0.5) is 0 Å². The normalized spacial score (nSPS) is 11.7. The fourth-order valence-electron chi connectivity index (χ4n) is 3.02. The van der Waals surface area contributed by atoms with Crippen molar-refractivity contribution in [2.75, 3.05) is 7.05 Å². The lowest BCUT2D eigenvalue weighted by molar-refractivity contribution is 0.800. The molecule has 0 aliphatic heterocycles. The first-order valence-electron chi connectivity index (χ1n) is 8.11. The number of nitrogens with one attached hydrogen (secondary N) is 2. The highest BCUT2D eigenvalue weighted by molar-refractivity contribution is 6.06. The predicted molar refractivity (Wildman–Crippen MR) is 102 cm³/mol. The van der Waals surface area contributed by atoms with Crippen molar-refractivity contribution in [1.29, 1.82) is 0 Å². The van der Waals surface area contributed by atoms with Crippen LogP contribution in [-0.2, 0) is 6.54 Å². The number of H-pyrrole nitrogens is 1. The van der Waals surface area contributed by atoms with Gasteiger partial charge in [0.05, 0.1) is 11.2 Å². The zero-order chi connectivity index (χ0) is 16.4. The van der Waals surface area contributed by atoms with Gasteiger partial charge in [0.1, 0.15) is 0 Å². The minimum atomic E-state index is 0.835. The van der Waals surface area contributed by atoms with Crippen molar-refractivity contribution in [3.8, 4) is 0 Å². The second-order valence-corrected chi connectivity index (χ2v) is 5.93. The molecule has 24 heavy (non-hydrogen) atoms. The highest BCUT2D eigenvalue weighted by Crippen LogP contribution is 2.26. The van der Waals surface area contributed by atoms with Gasteiger partial charge in [-0.2, -0.15) is 0 Å². The van der Waals surface area contributed by atoms with Crippen LogP contribution in [0.1, 0.15) is 17.0 Å². The quantitative estimate of drug-likeness (QED) is 0.578. The minimum Gasteiger partial charge on any atom is -0.357 e. The lowest BCUT2D eigenvalue weighted by Crippen LogP contribution is -2.04. The van der Waals surface area contributed by atoms with Crippen LogP contribution in [0.15, 0.2) is 60.8 Å². The molecule has 2 aromatic carbocycles. The van der Waals surface area contributed by atoms with Gasteiger partial charge in [0.25, 0.3) is 0 Å². The topological polar surface area (TPSA) is 40.7 Å². The van der Waals surface area contributed by atoms with Crippen molar-refractivity contribution >= 4 is 33.8 Å². The third-order valence-electron chi connectivity index (χ3n) is 4.19. The number of aromatic nitrogens is 2. The van der Waals surface area contributed by atoms with Gasteiger partial charge in [-0.25, -0.2) is 0 Å². The van der Waals surface area contributed by atoms with Crippen LogP contribution < -0.4 is 5.32 Å². The van der Waals surface area contributed by atoms with Gasteiger partial charge in [-0.15, -0.1) is 0 Å². The molecule has 2 aromatic heterocycles. The van der Waals surface area contributed by atoms with Gasteiger partial charge in [-0.1, -0.05) is 48.5 Å². The molecule has 3 heteroatoms. The summed E-state index contributed by atoms with van der Waals surface area (Å²) in [7, 11) is 1.96. The standard InChI is InChI=1S/C21H19N3/c1-22-14-19-11-16-8-9-17-13-23-18(12-20(17)21(16)24-19)10-7-15-5-3-2-4-6-15/h2-13,22,24H,14H2,1H3/b10-7+. The van der Waals surface area contributed by atoms with E-state index in [0.717, 1.165) is 17.6 Å². The van der Waals surface area contributed by atoms with Crippen molar-refractivity contribution in [2.45, 2.75) is 6.54 Å². The molecule has 0 fully saturated rings. The number of benzene rings is 2. The molecule has 0 spiro atoms. The Morgan fingerprint density at radius 2 is 1.83 bits per heavy atom. The molecule has 2 N–H and O–H groups in total. The van der Waals surface area contributed by atoms with Gasteiger partial charge in [0.2, 0.25) is 0 Å². The van der Waals surface area contributed by atoms with Crippen LogP contribution in [0.2, 0.25) is 0 Å². The van der Waals surface area contributed by atoms with Gasteiger partial charge >= 0.3 is 0 Å². The first-order valence-corrected chi connectivity index (χ1v) is 8.11. The van der Waals surface area contributed by atoms with E-state index in [1.807, 2.05) is 31.4 Å². The van der Waals surface area contributed by atoms with Crippen LogP contribution in [0.5, 0.6) is 0 Å². The number of hydrogen-bond donors (Lipinski definition) is 2. The van der Waals surface area contributed by atoms with Crippen LogP contribution in [-0.4, -0.2) is 17.0 Å². The number of rotatable bonds is 4. The molecule has 4 rings (SSSR count). The summed E-state index contributed by atoms with van der Waals surface area (Å²) >= 11 is 0. The smallest absolute Gasteiger partial charge is 0.0637 e. The van der Waals surface area contributed by atoms with E-state index in [-0.39, 0.29) is 0 Å². The van der Waals surface area contributed by atoms with Crippen molar-refractivity contribution in [3.63, 3.8) is 0 Å². The first-order chi connectivity index (χ1) is 11.8. The van der Waals surface area contributed by atoms with Crippen molar-refractivity contribution in [1.82, 2.24) is 15.3 Å². The van der Waals surface area contributed by atoms with Crippen molar-refractivity contribution in [2.24, 2.45) is 0 Å². The molecule has 4 aromatic rings. The molecule has 2 heterocycles. The molecule has 0 unspecified atom stereocenters. The molecule has 0 saturated carbocycles. The van der Waals surface area contributed by atoms with E-state index >= 15 is 0 Å². The number of hydrogen-bond acceptors (Lipinski definition) is 2. The molecule has 118 valence electrons. The molecule has 3 nitrogen and oxygen atoms in total. The van der Waals surface area contributed by atoms with E-state index in [1.54, 1.807) is 0 Å². The minimum absolute atomic E-state index is 0.835. The predicted octanol–water partition coefficient (Wildman–Crippen LogP) is 4.61. The fraction of sp³-hybridized carbons (Fsp3) is 0.0952. The zero-order valence-electron chi connectivity index (χ0n) is 13.6. The molecule has 0 bridgehead atoms. The Hall–Kier alpha value is -2.91. The average Bonchev–Trinajstić information content (AvgIpc) is 3.04. The van der Waals surface area contributed by atoms with Crippen LogP contribution in [0.3, 0.4) is 0 Å². The fourth-order valence-corrected chi connectivity index (χ4v) is 3.02. The molecule has 0 aliphatic rings. The number of nitrogens with zero attached hydrogens (tertiary/aromatic N) is 1. The Morgan fingerprint density at radius 3 is 2.67 bits per heavy atom. The van der Waals surface area contributed by atoms with Crippen LogP contribution in [0.25, 0.3) is 33.8 Å². The molecule has 0 atom stereocenters. The molecular weight excluding hydrogens is 294 g/mol. The monoisotopic (exact) mass is 313 g/mol. The summed E-state index contributed by atoms with van der Waals surface area (Å²) in [6.45, 7) is 0.835. The molecular formula is C21H19N3. The van der Waals surface area contributed by atoms with E-state index < -0.39 is 0 Å². The lowest BCUT2D eigenvalue weighted by atomic mass is 10.1. The van der Waals surface area contributed by atoms with Crippen molar-refractivity contribution < 1.29 is 0 Å². The van der Waals surface area contributed by atoms with Gasteiger partial charge in [-0.3, -0.25) is 4.98 Å². The van der Waals surface area contributed by atoms with E-state index in [2.05, 4.69) is 63.8 Å². The van der Waals surface area contributed by atoms with E-state index in [4.69, 9.17) is 0 Å². The third-order valence-corrected chi connectivity index (χ3v) is 4.19. The highest BCUT2D eigenvalue weighted by atomic mass is 14.9. The average molecular weight is 313 g/mol. The Kier molecular flexibility index (Phi) is 3.85. The Balaban J connectivity index is 1.78. The SMILES string of the molecule is CNCc1cc2ccc3cnc(/C=C/c4ccccc4)cc3c2[nH]1. The number of pyridine rings is 1. The van der Waals surface area contributed by atoms with E-state index in [0.29, 0.717) is 0 Å². The third kappa shape index (κ3) is 2.82. The first kappa shape index (κ1) is 14.7. The second kappa shape index (κ2) is 6.30. The summed E-state index contributed by atoms with van der Waals surface area (Å²) < 4.78 is 0. The van der Waals surface area contributed by atoms with Crippen LogP contribution in [0, 0.1) is 0 Å². The summed E-state index contributed by atoms with van der Waals surface area (Å²) in [5.41, 5.74) is 4.50. The van der Waals surface area contributed by atoms with E-state index in [1.165, 1.54) is 27.5 Å². The summed E-state index contributed by atoms with van der Waals surface area (Å²) in [6.07, 6.45) is 6.10. The maximum Gasteiger partial charge on any atom is 0.0637 e. The van der Waals surface area contributed by atoms with Gasteiger partial charge in [0.15, 0.2) is 0 Å². The Labute approximate surface area is 141 Å². The maximum atomic E-state index is 4.56. The largest absolute Gasteiger partial charge is 0.357 e. The highest BCUT2D eigenvalue weighted by Gasteiger charge is 2.05. The Morgan fingerprint density at radius 1 is 1.00 bits per heavy atom. The molecule has 0 saturated heterocycles. The lowest BCUT2D eigenvalue weighted by Gasteiger charge is -2.01. The van der Waals surface area contributed by atoms with Gasteiger partial charge in [0, 0.05) is 34.6 Å². The van der Waals surface area contributed by atoms with Crippen LogP contribution >= 0.6 is 0 Å². The summed E-state index contributed by atoms with van der Waals surface area (Å²) in [5, 5.41) is 6.78. The molecule has 0 amide bonds. The zero-order valence-corrected chi connectivity index (χ0v) is 13.6. The van der Waals surface area contributed by atoms with Gasteiger partial charge in [-0.05, 0) is 30.8 Å². The number of fused-ring (bicyclic) bond motifs is 3. The maximum absolute atomic E-state index is 4.56. The van der Waals surface area contributed by atoms with Crippen molar-refractivity contribution in [3.05, 3.63) is 77.7 Å². The molecule has 0 radical (unpaired) electrons. The molecule has 0 aliphatic carbocycles. The number of aromatic amines is 1. The van der Waals surface area contributed by atoms with E-state index in [9.17, 15) is 0 Å². The second-order valence-electron chi connectivity index (χ2n) is 5.93. The summed E-state index contributed by atoms with van der Waals surface area (Å²) in [4.78, 5) is 8.08. The van der Waals surface area contributed by atoms with Gasteiger partial charge < -0.3 is 10.3 Å². The summed E-state index contributed by atoms with van der Waals surface area (Å²) in [6, 6.07) is 18.9. The summed E-state index contributed by atoms with van der Waals surface area (Å²) in [5.74, 6) is 0.